The van der Waals surface area contributed by atoms with Gasteiger partial charge in [-0.05, 0) is 57.4 Å². The fraction of sp³-hybridized carbons (Fsp3) is 0.606. The van der Waals surface area contributed by atoms with Crippen molar-refractivity contribution in [2.75, 3.05) is 26.3 Å². The summed E-state index contributed by atoms with van der Waals surface area (Å²) in [6.45, 7) is 12.3. The summed E-state index contributed by atoms with van der Waals surface area (Å²) in [6, 6.07) is 8.02. The highest BCUT2D eigenvalue weighted by Gasteiger charge is 2.79. The van der Waals surface area contributed by atoms with Crippen molar-refractivity contribution in [2.24, 2.45) is 11.8 Å². The van der Waals surface area contributed by atoms with E-state index in [9.17, 15) is 19.5 Å². The zero-order valence-corrected chi connectivity index (χ0v) is 24.6. The van der Waals surface area contributed by atoms with Gasteiger partial charge in [-0.25, -0.2) is 0 Å². The Labute approximate surface area is 244 Å². The number of esters is 1. The van der Waals surface area contributed by atoms with E-state index >= 15 is 0 Å². The summed E-state index contributed by atoms with van der Waals surface area (Å²) in [7, 11) is 0. The van der Waals surface area contributed by atoms with E-state index in [0.29, 0.717) is 38.8 Å². The molecule has 3 fully saturated rings. The van der Waals surface area contributed by atoms with Crippen molar-refractivity contribution in [2.45, 2.75) is 88.5 Å². The van der Waals surface area contributed by atoms with Crippen LogP contribution in [0.2, 0.25) is 0 Å². The maximum atomic E-state index is 14.5. The van der Waals surface area contributed by atoms with E-state index in [4.69, 9.17) is 9.47 Å². The molecular formula is C33H46N2O6. The molecule has 3 aliphatic rings. The summed E-state index contributed by atoms with van der Waals surface area (Å²) in [6.07, 6.45) is 9.06. The van der Waals surface area contributed by atoms with Crippen LogP contribution in [0.3, 0.4) is 0 Å². The molecule has 1 aromatic rings. The van der Waals surface area contributed by atoms with Crippen LogP contribution in [0.1, 0.15) is 64.4 Å². The minimum atomic E-state index is -1.16. The molecule has 1 N–H and O–H groups in total. The number of carbonyl (C=O) groups is 3. The van der Waals surface area contributed by atoms with E-state index in [1.807, 2.05) is 43.3 Å². The third-order valence-electron chi connectivity index (χ3n) is 9.11. The van der Waals surface area contributed by atoms with E-state index in [1.54, 1.807) is 15.9 Å². The van der Waals surface area contributed by atoms with Crippen molar-refractivity contribution < 1.29 is 29.0 Å². The number of aliphatic hydroxyl groups excluding tert-OH is 1. The van der Waals surface area contributed by atoms with Gasteiger partial charge in [0.1, 0.15) is 17.6 Å². The summed E-state index contributed by atoms with van der Waals surface area (Å²) >= 11 is 0. The zero-order valence-electron chi connectivity index (χ0n) is 24.6. The monoisotopic (exact) mass is 566 g/mol. The Morgan fingerprint density at radius 3 is 2.61 bits per heavy atom. The molecule has 2 unspecified atom stereocenters. The maximum Gasteiger partial charge on any atom is 0.312 e. The predicted molar refractivity (Wildman–Crippen MR) is 157 cm³/mol. The molecule has 1 spiro atoms. The highest BCUT2D eigenvalue weighted by molar-refractivity contribution is 5.98. The number of likely N-dealkylation sites (tertiary alicyclic amines) is 1. The van der Waals surface area contributed by atoms with Crippen LogP contribution in [-0.4, -0.2) is 82.3 Å². The Kier molecular flexibility index (Phi) is 10.1. The van der Waals surface area contributed by atoms with Crippen LogP contribution in [-0.2, 0) is 30.3 Å². The normalized spacial score (nSPS) is 28.8. The third-order valence-corrected chi connectivity index (χ3v) is 9.11. The van der Waals surface area contributed by atoms with Crippen LogP contribution in [0.4, 0.5) is 0 Å². The topological polar surface area (TPSA) is 96.4 Å². The Morgan fingerprint density at radius 1 is 1.20 bits per heavy atom. The molecule has 8 nitrogen and oxygen atoms in total. The van der Waals surface area contributed by atoms with Gasteiger partial charge in [-0.3, -0.25) is 14.4 Å². The first-order valence-corrected chi connectivity index (χ1v) is 15.1. The molecule has 41 heavy (non-hydrogen) atoms. The molecule has 3 saturated heterocycles. The summed E-state index contributed by atoms with van der Waals surface area (Å²) in [5.74, 6) is -2.65. The van der Waals surface area contributed by atoms with Crippen LogP contribution < -0.4 is 0 Å². The standard InChI is InChI=1S/C33H46N2O6/c1-5-8-10-14-21-40-31(39)27-26-29(37)35(25(23-36)22-24-15-12-11-13-16-24)28(33(26)18-17-32(27,4)41-33)30(38)34(19-7-3)20-9-6-2/h5,7,11-13,15-16,25-28,36H,1,3,6,8-10,14,17-23H2,2,4H3/t25-,26+,27-,28?,32+,33?/m1/s1. The number of rotatable bonds is 16. The van der Waals surface area contributed by atoms with Crippen molar-refractivity contribution in [3.8, 4) is 0 Å². The summed E-state index contributed by atoms with van der Waals surface area (Å²) in [5, 5.41) is 10.6. The van der Waals surface area contributed by atoms with E-state index in [2.05, 4.69) is 20.1 Å². The van der Waals surface area contributed by atoms with Gasteiger partial charge in [-0.15, -0.1) is 13.2 Å². The van der Waals surface area contributed by atoms with Crippen LogP contribution >= 0.6 is 0 Å². The minimum absolute atomic E-state index is 0.219. The van der Waals surface area contributed by atoms with Crippen molar-refractivity contribution >= 4 is 17.8 Å². The molecule has 0 saturated carbocycles. The average Bonchev–Trinajstić information content (AvgIpc) is 3.54. The molecule has 0 aromatic heterocycles. The molecule has 2 bridgehead atoms. The number of hydrogen-bond acceptors (Lipinski definition) is 6. The maximum absolute atomic E-state index is 14.5. The Hall–Kier alpha value is -2.97. The van der Waals surface area contributed by atoms with Gasteiger partial charge in [0.05, 0.1) is 30.8 Å². The second kappa shape index (κ2) is 13.3. The second-order valence-electron chi connectivity index (χ2n) is 11.9. The van der Waals surface area contributed by atoms with Crippen molar-refractivity contribution in [3.63, 3.8) is 0 Å². The van der Waals surface area contributed by atoms with E-state index < -0.39 is 41.1 Å². The number of fused-ring (bicyclic) bond motifs is 1. The SMILES string of the molecule is C=CCCCCOC(=O)[C@H]1[C@H]2C(=O)N([C@@H](CO)Cc3ccccc3)C(C(=O)N(CC=C)CCCC)C23CC[C@]1(C)O3. The van der Waals surface area contributed by atoms with Crippen molar-refractivity contribution in [1.82, 2.24) is 9.80 Å². The molecule has 4 rings (SSSR count). The molecule has 224 valence electrons. The highest BCUT2D eigenvalue weighted by atomic mass is 16.6. The second-order valence-corrected chi connectivity index (χ2v) is 11.9. The number of ether oxygens (including phenoxy) is 2. The smallest absolute Gasteiger partial charge is 0.312 e. The number of benzene rings is 1. The van der Waals surface area contributed by atoms with Gasteiger partial charge in [0.15, 0.2) is 0 Å². The van der Waals surface area contributed by atoms with Gasteiger partial charge in [0, 0.05) is 13.1 Å². The van der Waals surface area contributed by atoms with Crippen molar-refractivity contribution in [3.05, 3.63) is 61.2 Å². The summed E-state index contributed by atoms with van der Waals surface area (Å²) < 4.78 is 12.4. The van der Waals surface area contributed by atoms with Crippen LogP contribution in [0, 0.1) is 11.8 Å². The van der Waals surface area contributed by atoms with E-state index in [1.165, 1.54) is 0 Å². The first-order valence-electron chi connectivity index (χ1n) is 15.1. The quantitative estimate of drug-likeness (QED) is 0.184. The largest absolute Gasteiger partial charge is 0.465 e. The Balaban J connectivity index is 1.72. The number of nitrogens with zero attached hydrogens (tertiary/aromatic N) is 2. The number of allylic oxidation sites excluding steroid dienone is 1. The Morgan fingerprint density at radius 2 is 1.95 bits per heavy atom. The summed E-state index contributed by atoms with van der Waals surface area (Å²) in [5.41, 5.74) is -1.11. The zero-order chi connectivity index (χ0) is 29.6. The minimum Gasteiger partial charge on any atom is -0.465 e. The van der Waals surface area contributed by atoms with Crippen molar-refractivity contribution in [1.29, 1.82) is 0 Å². The molecule has 0 aliphatic carbocycles. The summed E-state index contributed by atoms with van der Waals surface area (Å²) in [4.78, 5) is 45.8. The fourth-order valence-electron chi connectivity index (χ4n) is 7.15. The van der Waals surface area contributed by atoms with Crippen LogP contribution in [0.5, 0.6) is 0 Å². The number of carbonyl (C=O) groups excluding carboxylic acids is 3. The van der Waals surface area contributed by atoms with Gasteiger partial charge in [0.2, 0.25) is 11.8 Å². The number of amides is 2. The number of unbranched alkanes of at least 4 members (excludes halogenated alkanes) is 3. The predicted octanol–water partition coefficient (Wildman–Crippen LogP) is 4.07. The molecule has 1 aromatic carbocycles. The van der Waals surface area contributed by atoms with Crippen LogP contribution in [0.15, 0.2) is 55.6 Å². The molecular weight excluding hydrogens is 520 g/mol. The number of hydrogen-bond donors (Lipinski definition) is 1. The molecule has 6 atom stereocenters. The molecule has 3 heterocycles. The van der Waals surface area contributed by atoms with Gasteiger partial charge in [-0.2, -0.15) is 0 Å². The molecule has 2 amide bonds. The van der Waals surface area contributed by atoms with Gasteiger partial charge >= 0.3 is 5.97 Å². The first-order chi connectivity index (χ1) is 19.8. The lowest BCUT2D eigenvalue weighted by Crippen LogP contribution is -2.59. The van der Waals surface area contributed by atoms with E-state index in [-0.39, 0.29) is 25.0 Å². The van der Waals surface area contributed by atoms with E-state index in [0.717, 1.165) is 31.2 Å². The average molecular weight is 567 g/mol. The Bertz CT molecular complexity index is 1110. The van der Waals surface area contributed by atoms with Gasteiger partial charge < -0.3 is 24.4 Å². The number of aliphatic hydroxyl groups is 1. The molecule has 0 radical (unpaired) electrons. The van der Waals surface area contributed by atoms with Gasteiger partial charge in [0.25, 0.3) is 0 Å². The lowest BCUT2D eigenvalue weighted by Gasteiger charge is -2.39. The third kappa shape index (κ3) is 5.86. The first kappa shape index (κ1) is 31.0. The lowest BCUT2D eigenvalue weighted by atomic mass is 9.66. The molecule has 8 heteroatoms. The van der Waals surface area contributed by atoms with Crippen LogP contribution in [0.25, 0.3) is 0 Å². The van der Waals surface area contributed by atoms with Gasteiger partial charge in [-0.1, -0.05) is 55.8 Å². The highest BCUT2D eigenvalue weighted by Crippen LogP contribution is 2.63. The molecule has 3 aliphatic heterocycles. The fourth-order valence-corrected chi connectivity index (χ4v) is 7.15. The lowest BCUT2D eigenvalue weighted by molar-refractivity contribution is -0.162.